The van der Waals surface area contributed by atoms with Crippen LogP contribution in [-0.2, 0) is 27.8 Å². The van der Waals surface area contributed by atoms with Gasteiger partial charge in [-0.1, -0.05) is 78.4 Å². The average Bonchev–Trinajstić information content (AvgIpc) is 2.91. The fraction of sp³-hybridized carbons (Fsp3) is 0.219. The van der Waals surface area contributed by atoms with E-state index in [1.54, 1.807) is 38.1 Å². The van der Waals surface area contributed by atoms with Crippen molar-refractivity contribution in [3.8, 4) is 5.75 Å². The van der Waals surface area contributed by atoms with Gasteiger partial charge in [0, 0.05) is 12.2 Å². The summed E-state index contributed by atoms with van der Waals surface area (Å²) in [5.41, 5.74) is 4.96. The molecule has 0 atom stereocenters. The predicted octanol–water partition coefficient (Wildman–Crippen LogP) is 6.06. The Labute approximate surface area is 231 Å². The Morgan fingerprint density at radius 2 is 1.36 bits per heavy atom. The van der Waals surface area contributed by atoms with Crippen molar-refractivity contribution in [3.05, 3.63) is 125 Å². The largest absolute Gasteiger partial charge is 0.489 e. The first-order valence-corrected chi connectivity index (χ1v) is 14.3. The van der Waals surface area contributed by atoms with Crippen LogP contribution >= 0.6 is 0 Å². The number of carbonyl (C=O) groups is 1. The molecule has 4 rings (SSSR count). The van der Waals surface area contributed by atoms with Gasteiger partial charge in [0.2, 0.25) is 15.9 Å². The van der Waals surface area contributed by atoms with Crippen molar-refractivity contribution in [2.24, 2.45) is 0 Å². The van der Waals surface area contributed by atoms with Crippen LogP contribution < -0.4 is 10.1 Å². The quantitative estimate of drug-likeness (QED) is 0.250. The van der Waals surface area contributed by atoms with Crippen molar-refractivity contribution in [1.82, 2.24) is 4.31 Å². The summed E-state index contributed by atoms with van der Waals surface area (Å²) < 4.78 is 34.8. The Kier molecular flexibility index (Phi) is 9.17. The van der Waals surface area contributed by atoms with Gasteiger partial charge in [-0.15, -0.1) is 0 Å². The van der Waals surface area contributed by atoms with Gasteiger partial charge < -0.3 is 10.1 Å². The summed E-state index contributed by atoms with van der Waals surface area (Å²) in [6.07, 6.45) is 0.491. The van der Waals surface area contributed by atoms with Gasteiger partial charge in [0.1, 0.15) is 12.4 Å². The molecule has 0 fully saturated rings. The highest BCUT2D eigenvalue weighted by molar-refractivity contribution is 7.89. The van der Waals surface area contributed by atoms with Crippen LogP contribution in [0.2, 0.25) is 0 Å². The van der Waals surface area contributed by atoms with Crippen molar-refractivity contribution in [2.75, 3.05) is 18.4 Å². The number of nitrogens with one attached hydrogen (secondary N) is 1. The van der Waals surface area contributed by atoms with Crippen LogP contribution in [0.3, 0.4) is 0 Å². The molecule has 0 bridgehead atoms. The Morgan fingerprint density at radius 1 is 0.795 bits per heavy atom. The first-order valence-electron chi connectivity index (χ1n) is 12.9. The molecule has 0 aliphatic heterocycles. The third-order valence-electron chi connectivity index (χ3n) is 6.40. The van der Waals surface area contributed by atoms with E-state index < -0.39 is 15.9 Å². The third-order valence-corrected chi connectivity index (χ3v) is 8.55. The van der Waals surface area contributed by atoms with Crippen LogP contribution in [0.4, 0.5) is 5.69 Å². The second kappa shape index (κ2) is 12.7. The molecule has 0 radical (unpaired) electrons. The zero-order valence-electron chi connectivity index (χ0n) is 22.6. The number of carbonyl (C=O) groups excluding carboxylic acids is 1. The highest BCUT2D eigenvalue weighted by Crippen LogP contribution is 2.26. The number of amides is 1. The van der Waals surface area contributed by atoms with Crippen molar-refractivity contribution in [1.29, 1.82) is 0 Å². The minimum atomic E-state index is -3.92. The summed E-state index contributed by atoms with van der Waals surface area (Å²) in [5.74, 6) is 0.265. The minimum absolute atomic E-state index is 0.179. The maximum atomic E-state index is 13.9. The lowest BCUT2D eigenvalue weighted by Crippen LogP contribution is -2.39. The average molecular weight is 543 g/mol. The highest BCUT2D eigenvalue weighted by Gasteiger charge is 2.29. The third kappa shape index (κ3) is 7.56. The van der Waals surface area contributed by atoms with E-state index in [0.29, 0.717) is 35.6 Å². The number of anilines is 1. The van der Waals surface area contributed by atoms with Crippen LogP contribution in [0.1, 0.15) is 27.8 Å². The molecule has 39 heavy (non-hydrogen) atoms. The van der Waals surface area contributed by atoms with Crippen LogP contribution in [0.15, 0.2) is 102 Å². The maximum absolute atomic E-state index is 13.9. The second-order valence-electron chi connectivity index (χ2n) is 9.65. The predicted molar refractivity (Wildman–Crippen MR) is 155 cm³/mol. The Morgan fingerprint density at radius 3 is 1.95 bits per heavy atom. The molecule has 0 saturated heterocycles. The van der Waals surface area contributed by atoms with Gasteiger partial charge in [0.25, 0.3) is 0 Å². The molecule has 0 aliphatic carbocycles. The topological polar surface area (TPSA) is 75.7 Å². The monoisotopic (exact) mass is 542 g/mol. The molecule has 0 unspecified atom stereocenters. The molecule has 7 heteroatoms. The van der Waals surface area contributed by atoms with E-state index in [4.69, 9.17) is 4.74 Å². The molecule has 4 aromatic carbocycles. The van der Waals surface area contributed by atoms with Gasteiger partial charge in [0.15, 0.2) is 0 Å². The smallest absolute Gasteiger partial charge is 0.244 e. The molecular formula is C32H34N2O4S. The SMILES string of the molecule is Cc1cc(C)c(S(=O)(=O)N(CCc2ccccc2)CC(=O)Nc2ccc(OCc3ccccc3)cc2)c(C)c1. The number of rotatable bonds is 11. The molecule has 0 spiro atoms. The standard InChI is InChI=1S/C32H34N2O4S/c1-24-20-25(2)32(26(3)21-24)39(36,37)34(19-18-27-10-6-4-7-11-27)22-31(35)33-29-14-16-30(17-15-29)38-23-28-12-8-5-9-13-28/h4-17,20-21H,18-19,22-23H2,1-3H3,(H,33,35). The number of ether oxygens (including phenoxy) is 1. The van der Waals surface area contributed by atoms with Crippen molar-refractivity contribution in [3.63, 3.8) is 0 Å². The Balaban J connectivity index is 1.47. The van der Waals surface area contributed by atoms with Crippen LogP contribution in [0, 0.1) is 20.8 Å². The van der Waals surface area contributed by atoms with Gasteiger partial charge >= 0.3 is 0 Å². The molecule has 202 valence electrons. The van der Waals surface area contributed by atoms with Gasteiger partial charge in [-0.05, 0) is 73.7 Å². The van der Waals surface area contributed by atoms with E-state index in [9.17, 15) is 13.2 Å². The molecule has 1 N–H and O–H groups in total. The number of nitrogens with zero attached hydrogens (tertiary/aromatic N) is 1. The normalized spacial score (nSPS) is 11.4. The molecule has 1 amide bonds. The Bertz CT molecular complexity index is 1480. The lowest BCUT2D eigenvalue weighted by molar-refractivity contribution is -0.116. The lowest BCUT2D eigenvalue weighted by atomic mass is 10.1. The first kappa shape index (κ1) is 28.1. The zero-order chi connectivity index (χ0) is 27.8. The summed E-state index contributed by atoms with van der Waals surface area (Å²) in [5, 5.41) is 2.83. The van der Waals surface area contributed by atoms with Gasteiger partial charge in [0.05, 0.1) is 11.4 Å². The molecule has 0 saturated carbocycles. The van der Waals surface area contributed by atoms with Crippen molar-refractivity contribution in [2.45, 2.75) is 38.7 Å². The summed E-state index contributed by atoms with van der Waals surface area (Å²) in [6.45, 7) is 5.86. The fourth-order valence-corrected chi connectivity index (χ4v) is 6.43. The number of benzene rings is 4. The fourth-order valence-electron chi connectivity index (χ4n) is 4.62. The second-order valence-corrected chi connectivity index (χ2v) is 11.5. The van der Waals surface area contributed by atoms with E-state index in [1.807, 2.05) is 79.7 Å². The van der Waals surface area contributed by atoms with Gasteiger partial charge in [-0.3, -0.25) is 4.79 Å². The van der Waals surface area contributed by atoms with E-state index in [2.05, 4.69) is 5.32 Å². The van der Waals surface area contributed by atoms with Gasteiger partial charge in [-0.25, -0.2) is 8.42 Å². The van der Waals surface area contributed by atoms with Crippen LogP contribution in [0.5, 0.6) is 5.75 Å². The summed E-state index contributed by atoms with van der Waals surface area (Å²) in [7, 11) is -3.92. The highest BCUT2D eigenvalue weighted by atomic mass is 32.2. The zero-order valence-corrected chi connectivity index (χ0v) is 23.4. The van der Waals surface area contributed by atoms with E-state index in [0.717, 1.165) is 16.7 Å². The number of sulfonamides is 1. The molecule has 0 aliphatic rings. The molecule has 0 aromatic heterocycles. The number of aryl methyl sites for hydroxylation is 3. The lowest BCUT2D eigenvalue weighted by Gasteiger charge is -2.24. The van der Waals surface area contributed by atoms with E-state index in [1.165, 1.54) is 4.31 Å². The van der Waals surface area contributed by atoms with Crippen LogP contribution in [-0.4, -0.2) is 31.7 Å². The van der Waals surface area contributed by atoms with Crippen molar-refractivity contribution < 1.29 is 17.9 Å². The maximum Gasteiger partial charge on any atom is 0.244 e. The van der Waals surface area contributed by atoms with E-state index >= 15 is 0 Å². The Hall–Kier alpha value is -3.94. The van der Waals surface area contributed by atoms with E-state index in [-0.39, 0.29) is 18.0 Å². The van der Waals surface area contributed by atoms with Crippen molar-refractivity contribution >= 4 is 21.6 Å². The molecule has 0 heterocycles. The summed E-state index contributed by atoms with van der Waals surface area (Å²) in [4.78, 5) is 13.3. The molecular weight excluding hydrogens is 508 g/mol. The van der Waals surface area contributed by atoms with Crippen LogP contribution in [0.25, 0.3) is 0 Å². The molecule has 6 nitrogen and oxygen atoms in total. The summed E-state index contributed by atoms with van der Waals surface area (Å²) in [6, 6.07) is 30.3. The minimum Gasteiger partial charge on any atom is -0.489 e. The number of hydrogen-bond donors (Lipinski definition) is 1. The summed E-state index contributed by atoms with van der Waals surface area (Å²) >= 11 is 0. The van der Waals surface area contributed by atoms with Gasteiger partial charge in [-0.2, -0.15) is 4.31 Å². The first-order chi connectivity index (χ1) is 18.7. The number of hydrogen-bond acceptors (Lipinski definition) is 4. The molecule has 4 aromatic rings.